The molecule has 8 heteroatoms. The van der Waals surface area contributed by atoms with Crippen LogP contribution in [0.4, 0.5) is 0 Å². The first-order valence-electron chi connectivity index (χ1n) is 12.2. The lowest BCUT2D eigenvalue weighted by atomic mass is 9.98. The fourth-order valence-corrected chi connectivity index (χ4v) is 4.21. The van der Waals surface area contributed by atoms with E-state index >= 15 is 0 Å². The SMILES string of the molecule is COc1ccc(CO[C@@H]2[C@@H](OCc3ccc(OC)cc3)[C@H](O)O[C@H](CO)[C@@H]2OCc2ccccc2)cc1. The second kappa shape index (κ2) is 13.5. The van der Waals surface area contributed by atoms with Gasteiger partial charge in [-0.2, -0.15) is 0 Å². The lowest BCUT2D eigenvalue weighted by molar-refractivity contribution is -0.315. The van der Waals surface area contributed by atoms with Crippen molar-refractivity contribution in [3.8, 4) is 11.5 Å². The van der Waals surface area contributed by atoms with Gasteiger partial charge < -0.3 is 38.6 Å². The molecule has 3 aromatic rings. The number of aliphatic hydroxyl groups is 2. The average Bonchev–Trinajstić information content (AvgIpc) is 2.95. The van der Waals surface area contributed by atoms with E-state index < -0.39 is 30.7 Å². The monoisotopic (exact) mass is 510 g/mol. The summed E-state index contributed by atoms with van der Waals surface area (Å²) in [5.74, 6) is 1.49. The highest BCUT2D eigenvalue weighted by atomic mass is 16.7. The van der Waals surface area contributed by atoms with Crippen LogP contribution in [0.5, 0.6) is 11.5 Å². The molecule has 0 bridgehead atoms. The number of ether oxygens (including phenoxy) is 6. The molecule has 0 radical (unpaired) electrons. The summed E-state index contributed by atoms with van der Waals surface area (Å²) in [6, 6.07) is 24.7. The molecule has 5 atom stereocenters. The van der Waals surface area contributed by atoms with Crippen molar-refractivity contribution in [2.45, 2.75) is 50.5 Å². The number of rotatable bonds is 12. The minimum atomic E-state index is -1.31. The Morgan fingerprint density at radius 3 is 1.57 bits per heavy atom. The lowest BCUT2D eigenvalue weighted by Crippen LogP contribution is -2.61. The average molecular weight is 511 g/mol. The van der Waals surface area contributed by atoms with Crippen molar-refractivity contribution < 1.29 is 38.6 Å². The molecule has 1 aliphatic rings. The second-order valence-electron chi connectivity index (χ2n) is 8.76. The van der Waals surface area contributed by atoms with Gasteiger partial charge in [-0.05, 0) is 41.0 Å². The van der Waals surface area contributed by atoms with E-state index in [4.69, 9.17) is 28.4 Å². The zero-order valence-corrected chi connectivity index (χ0v) is 21.1. The maximum atomic E-state index is 10.8. The third-order valence-corrected chi connectivity index (χ3v) is 6.28. The van der Waals surface area contributed by atoms with Crippen molar-refractivity contribution in [2.75, 3.05) is 20.8 Å². The Hall–Kier alpha value is -2.98. The Morgan fingerprint density at radius 2 is 1.08 bits per heavy atom. The quantitative estimate of drug-likeness (QED) is 0.383. The van der Waals surface area contributed by atoms with E-state index in [-0.39, 0.29) is 26.4 Å². The third kappa shape index (κ3) is 7.29. The molecule has 1 heterocycles. The van der Waals surface area contributed by atoms with Crippen LogP contribution >= 0.6 is 0 Å². The van der Waals surface area contributed by atoms with Crippen molar-refractivity contribution in [2.24, 2.45) is 0 Å². The molecule has 37 heavy (non-hydrogen) atoms. The van der Waals surface area contributed by atoms with Gasteiger partial charge in [-0.25, -0.2) is 0 Å². The van der Waals surface area contributed by atoms with Crippen LogP contribution in [0.25, 0.3) is 0 Å². The van der Waals surface area contributed by atoms with Gasteiger partial charge in [0.15, 0.2) is 6.29 Å². The minimum absolute atomic E-state index is 0.215. The highest BCUT2D eigenvalue weighted by Crippen LogP contribution is 2.30. The highest BCUT2D eigenvalue weighted by Gasteiger charge is 2.47. The number of methoxy groups -OCH3 is 2. The van der Waals surface area contributed by atoms with Crippen molar-refractivity contribution in [1.29, 1.82) is 0 Å². The fourth-order valence-electron chi connectivity index (χ4n) is 4.21. The molecule has 0 saturated carbocycles. The van der Waals surface area contributed by atoms with Gasteiger partial charge in [-0.3, -0.25) is 0 Å². The molecular formula is C29H34O8. The van der Waals surface area contributed by atoms with E-state index in [0.29, 0.717) is 0 Å². The topological polar surface area (TPSA) is 95.8 Å². The van der Waals surface area contributed by atoms with Gasteiger partial charge in [-0.15, -0.1) is 0 Å². The Morgan fingerprint density at radius 1 is 0.622 bits per heavy atom. The van der Waals surface area contributed by atoms with Gasteiger partial charge in [0, 0.05) is 0 Å². The molecule has 2 N–H and O–H groups in total. The molecule has 0 unspecified atom stereocenters. The van der Waals surface area contributed by atoms with E-state index in [0.717, 1.165) is 28.2 Å². The van der Waals surface area contributed by atoms with Crippen LogP contribution in [0, 0.1) is 0 Å². The van der Waals surface area contributed by atoms with Crippen LogP contribution in [0.1, 0.15) is 16.7 Å². The normalized spacial score (nSPS) is 23.5. The summed E-state index contributed by atoms with van der Waals surface area (Å²) in [6.45, 7) is 0.402. The van der Waals surface area contributed by atoms with E-state index in [2.05, 4.69) is 0 Å². The first-order valence-corrected chi connectivity index (χ1v) is 12.2. The van der Waals surface area contributed by atoms with E-state index in [9.17, 15) is 10.2 Å². The predicted octanol–water partition coefficient (Wildman–Crippen LogP) is 3.47. The molecular weight excluding hydrogens is 476 g/mol. The largest absolute Gasteiger partial charge is 0.497 e. The molecule has 3 aromatic carbocycles. The molecule has 198 valence electrons. The molecule has 8 nitrogen and oxygen atoms in total. The highest BCUT2D eigenvalue weighted by molar-refractivity contribution is 5.27. The zero-order chi connectivity index (χ0) is 26.0. The number of benzene rings is 3. The summed E-state index contributed by atoms with van der Waals surface area (Å²) in [5, 5.41) is 20.9. The minimum Gasteiger partial charge on any atom is -0.497 e. The van der Waals surface area contributed by atoms with Gasteiger partial charge in [0.05, 0.1) is 40.6 Å². The first kappa shape index (κ1) is 27.1. The van der Waals surface area contributed by atoms with Crippen molar-refractivity contribution >= 4 is 0 Å². The van der Waals surface area contributed by atoms with Crippen LogP contribution in [-0.4, -0.2) is 61.7 Å². The van der Waals surface area contributed by atoms with Crippen LogP contribution < -0.4 is 9.47 Å². The van der Waals surface area contributed by atoms with Gasteiger partial charge in [0.25, 0.3) is 0 Å². The Labute approximate surface area is 217 Å². The molecule has 4 rings (SSSR count). The summed E-state index contributed by atoms with van der Waals surface area (Å²) < 4.78 is 34.9. The lowest BCUT2D eigenvalue weighted by Gasteiger charge is -2.44. The van der Waals surface area contributed by atoms with Crippen LogP contribution in [0.2, 0.25) is 0 Å². The maximum Gasteiger partial charge on any atom is 0.184 e. The van der Waals surface area contributed by atoms with Gasteiger partial charge in [-0.1, -0.05) is 54.6 Å². The molecule has 1 fully saturated rings. The Balaban J connectivity index is 1.53. The number of hydrogen-bond acceptors (Lipinski definition) is 8. The van der Waals surface area contributed by atoms with Crippen molar-refractivity contribution in [1.82, 2.24) is 0 Å². The van der Waals surface area contributed by atoms with Gasteiger partial charge in [0.2, 0.25) is 0 Å². The first-order chi connectivity index (χ1) is 18.1. The number of hydrogen-bond donors (Lipinski definition) is 2. The summed E-state index contributed by atoms with van der Waals surface area (Å²) in [7, 11) is 3.22. The summed E-state index contributed by atoms with van der Waals surface area (Å²) >= 11 is 0. The van der Waals surface area contributed by atoms with E-state index in [1.165, 1.54) is 0 Å². The number of aliphatic hydroxyl groups excluding tert-OH is 2. The Kier molecular flexibility index (Phi) is 9.90. The maximum absolute atomic E-state index is 10.8. The molecule has 0 aromatic heterocycles. The molecule has 0 amide bonds. The molecule has 0 aliphatic carbocycles. The zero-order valence-electron chi connectivity index (χ0n) is 21.1. The van der Waals surface area contributed by atoms with Gasteiger partial charge >= 0.3 is 0 Å². The van der Waals surface area contributed by atoms with Crippen LogP contribution in [0.15, 0.2) is 78.9 Å². The van der Waals surface area contributed by atoms with Crippen molar-refractivity contribution in [3.05, 3.63) is 95.6 Å². The fraction of sp³-hybridized carbons (Fsp3) is 0.379. The van der Waals surface area contributed by atoms with Crippen LogP contribution in [-0.2, 0) is 38.8 Å². The summed E-state index contributed by atoms with van der Waals surface area (Å²) in [5.41, 5.74) is 2.78. The molecule has 1 aliphatic heterocycles. The summed E-state index contributed by atoms with van der Waals surface area (Å²) in [6.07, 6.45) is -4.37. The van der Waals surface area contributed by atoms with Crippen molar-refractivity contribution in [3.63, 3.8) is 0 Å². The standard InChI is InChI=1S/C29H34O8/c1-32-23-12-8-21(9-13-23)18-35-27-26(34-17-20-6-4-3-5-7-20)25(16-30)37-29(31)28(27)36-19-22-10-14-24(33-2)15-11-22/h3-15,25-31H,16-19H2,1-2H3/t25-,26+,27+,28-,29-/m1/s1. The molecule has 0 spiro atoms. The Bertz CT molecular complexity index is 1060. The second-order valence-corrected chi connectivity index (χ2v) is 8.76. The van der Waals surface area contributed by atoms with E-state index in [1.54, 1.807) is 14.2 Å². The predicted molar refractivity (Wildman–Crippen MR) is 136 cm³/mol. The molecule has 1 saturated heterocycles. The van der Waals surface area contributed by atoms with E-state index in [1.807, 2.05) is 78.9 Å². The smallest absolute Gasteiger partial charge is 0.184 e. The third-order valence-electron chi connectivity index (χ3n) is 6.28. The van der Waals surface area contributed by atoms with Gasteiger partial charge in [0.1, 0.15) is 35.9 Å². The van der Waals surface area contributed by atoms with Crippen LogP contribution in [0.3, 0.4) is 0 Å². The summed E-state index contributed by atoms with van der Waals surface area (Å²) in [4.78, 5) is 0.